The van der Waals surface area contributed by atoms with Crippen LogP contribution >= 0.6 is 11.3 Å². The van der Waals surface area contributed by atoms with Crippen LogP contribution in [0, 0.1) is 13.8 Å². The third kappa shape index (κ3) is 2.50. The van der Waals surface area contributed by atoms with Gasteiger partial charge in [-0.15, -0.1) is 11.3 Å². The Bertz CT molecular complexity index is 322. The van der Waals surface area contributed by atoms with Crippen molar-refractivity contribution in [2.75, 3.05) is 0 Å². The van der Waals surface area contributed by atoms with Gasteiger partial charge in [-0.05, 0) is 13.8 Å². The third-order valence-electron chi connectivity index (χ3n) is 1.67. The fourth-order valence-electron chi connectivity index (χ4n) is 1.17. The summed E-state index contributed by atoms with van der Waals surface area (Å²) in [6.07, 6.45) is -0.0392. The van der Waals surface area contributed by atoms with Crippen LogP contribution in [0.5, 0.6) is 0 Å². The lowest BCUT2D eigenvalue weighted by molar-refractivity contribution is -0.137. The predicted octanol–water partition coefficient (Wildman–Crippen LogP) is 1.23. The van der Waals surface area contributed by atoms with Crippen molar-refractivity contribution in [1.82, 2.24) is 4.98 Å². The molecule has 1 rings (SSSR count). The number of aromatic nitrogens is 1. The topological polar surface area (TPSA) is 76.2 Å². The van der Waals surface area contributed by atoms with Crippen LogP contribution < -0.4 is 5.73 Å². The first-order valence-electron chi connectivity index (χ1n) is 3.92. The summed E-state index contributed by atoms with van der Waals surface area (Å²) in [7, 11) is 0. The van der Waals surface area contributed by atoms with E-state index in [1.807, 2.05) is 13.8 Å². The fourth-order valence-corrected chi connectivity index (χ4v) is 2.10. The number of carbonyl (C=O) groups is 1. The maximum atomic E-state index is 10.4. The van der Waals surface area contributed by atoms with Crippen LogP contribution in [0.1, 0.15) is 28.0 Å². The van der Waals surface area contributed by atoms with E-state index in [0.29, 0.717) is 0 Å². The molecule has 0 radical (unpaired) electrons. The molecule has 0 aliphatic carbocycles. The molecule has 0 bridgehead atoms. The quantitative estimate of drug-likeness (QED) is 0.769. The summed E-state index contributed by atoms with van der Waals surface area (Å²) in [5.41, 5.74) is 6.54. The summed E-state index contributed by atoms with van der Waals surface area (Å²) in [6, 6.07) is -0.427. The van der Waals surface area contributed by atoms with Crippen molar-refractivity contribution in [3.05, 3.63) is 15.6 Å². The molecule has 0 aliphatic heterocycles. The van der Waals surface area contributed by atoms with Gasteiger partial charge in [-0.1, -0.05) is 0 Å². The van der Waals surface area contributed by atoms with Crippen LogP contribution in [-0.4, -0.2) is 16.1 Å². The number of hydrogen-bond donors (Lipinski definition) is 2. The second kappa shape index (κ2) is 3.85. The van der Waals surface area contributed by atoms with Gasteiger partial charge in [0.2, 0.25) is 0 Å². The van der Waals surface area contributed by atoms with Crippen molar-refractivity contribution >= 4 is 17.3 Å². The largest absolute Gasteiger partial charge is 0.481 e. The molecule has 5 heteroatoms. The van der Waals surface area contributed by atoms with E-state index >= 15 is 0 Å². The average molecular weight is 200 g/mol. The Kier molecular flexibility index (Phi) is 3.00. The molecule has 0 aliphatic rings. The minimum absolute atomic E-state index is 0.0392. The molecule has 0 spiro atoms. The molecule has 1 aromatic rings. The first kappa shape index (κ1) is 10.1. The van der Waals surface area contributed by atoms with Crippen LogP contribution in [0.25, 0.3) is 0 Å². The van der Waals surface area contributed by atoms with Crippen molar-refractivity contribution in [3.8, 4) is 0 Å². The van der Waals surface area contributed by atoms with E-state index in [4.69, 9.17) is 10.8 Å². The molecule has 1 heterocycles. The Morgan fingerprint density at radius 3 is 2.69 bits per heavy atom. The molecule has 0 fully saturated rings. The van der Waals surface area contributed by atoms with E-state index < -0.39 is 12.0 Å². The molecule has 72 valence electrons. The van der Waals surface area contributed by atoms with E-state index in [9.17, 15) is 4.79 Å². The summed E-state index contributed by atoms with van der Waals surface area (Å²) in [5.74, 6) is -0.877. The first-order valence-corrected chi connectivity index (χ1v) is 4.73. The van der Waals surface area contributed by atoms with Crippen LogP contribution in [0.3, 0.4) is 0 Å². The lowest BCUT2D eigenvalue weighted by atomic mass is 10.1. The van der Waals surface area contributed by atoms with Gasteiger partial charge in [0.05, 0.1) is 23.2 Å². The Morgan fingerprint density at radius 1 is 1.69 bits per heavy atom. The van der Waals surface area contributed by atoms with Gasteiger partial charge in [-0.25, -0.2) is 4.98 Å². The van der Waals surface area contributed by atoms with E-state index in [0.717, 1.165) is 15.6 Å². The highest BCUT2D eigenvalue weighted by molar-refractivity contribution is 7.11. The normalized spacial score (nSPS) is 12.8. The Balaban J connectivity index is 2.81. The summed E-state index contributed by atoms with van der Waals surface area (Å²) in [5, 5.41) is 9.47. The lowest BCUT2D eigenvalue weighted by Crippen LogP contribution is -2.14. The molecule has 0 unspecified atom stereocenters. The van der Waals surface area contributed by atoms with Crippen LogP contribution in [0.15, 0.2) is 0 Å². The highest BCUT2D eigenvalue weighted by Gasteiger charge is 2.15. The number of carboxylic acids is 1. The zero-order valence-corrected chi connectivity index (χ0v) is 8.39. The average Bonchev–Trinajstić information content (AvgIpc) is 2.28. The SMILES string of the molecule is Cc1nc(C)c([C@H](N)CC(=O)O)s1. The highest BCUT2D eigenvalue weighted by Crippen LogP contribution is 2.24. The number of rotatable bonds is 3. The number of aryl methyl sites for hydroxylation is 2. The molecule has 4 nitrogen and oxygen atoms in total. The zero-order valence-electron chi connectivity index (χ0n) is 7.57. The van der Waals surface area contributed by atoms with Gasteiger partial charge < -0.3 is 10.8 Å². The second-order valence-electron chi connectivity index (χ2n) is 2.89. The van der Waals surface area contributed by atoms with E-state index in [2.05, 4.69) is 4.98 Å². The molecule has 1 aromatic heterocycles. The summed E-state index contributed by atoms with van der Waals surface area (Å²) < 4.78 is 0. The zero-order chi connectivity index (χ0) is 10.0. The van der Waals surface area contributed by atoms with Gasteiger partial charge in [0.15, 0.2) is 0 Å². The number of carboxylic acid groups (broad SMARTS) is 1. The molecule has 13 heavy (non-hydrogen) atoms. The van der Waals surface area contributed by atoms with E-state index in [1.54, 1.807) is 0 Å². The monoisotopic (exact) mass is 200 g/mol. The van der Waals surface area contributed by atoms with Crippen molar-refractivity contribution in [2.45, 2.75) is 26.3 Å². The Morgan fingerprint density at radius 2 is 2.31 bits per heavy atom. The predicted molar refractivity (Wildman–Crippen MR) is 50.8 cm³/mol. The molecule has 3 N–H and O–H groups in total. The van der Waals surface area contributed by atoms with E-state index in [-0.39, 0.29) is 6.42 Å². The van der Waals surface area contributed by atoms with E-state index in [1.165, 1.54) is 11.3 Å². The number of nitrogens with two attached hydrogens (primary N) is 1. The molecule has 1 atom stereocenters. The molecular formula is C8H12N2O2S. The van der Waals surface area contributed by atoms with Crippen molar-refractivity contribution in [1.29, 1.82) is 0 Å². The maximum absolute atomic E-state index is 10.4. The van der Waals surface area contributed by atoms with Gasteiger partial charge in [0.1, 0.15) is 0 Å². The van der Waals surface area contributed by atoms with Gasteiger partial charge in [-0.2, -0.15) is 0 Å². The second-order valence-corrected chi connectivity index (χ2v) is 4.12. The number of aliphatic carboxylic acids is 1. The van der Waals surface area contributed by atoms with Gasteiger partial charge in [0, 0.05) is 4.88 Å². The highest BCUT2D eigenvalue weighted by atomic mass is 32.1. The lowest BCUT2D eigenvalue weighted by Gasteiger charge is -2.05. The molecule has 0 saturated carbocycles. The molecular weight excluding hydrogens is 188 g/mol. The summed E-state index contributed by atoms with van der Waals surface area (Å²) in [4.78, 5) is 15.5. The number of thiazole rings is 1. The van der Waals surface area contributed by atoms with Crippen LogP contribution in [0.2, 0.25) is 0 Å². The standard InChI is InChI=1S/C8H12N2O2S/c1-4-8(13-5(2)10-4)6(9)3-7(11)12/h6H,3,9H2,1-2H3,(H,11,12)/t6-/m1/s1. The van der Waals surface area contributed by atoms with Crippen molar-refractivity contribution < 1.29 is 9.90 Å². The Labute approximate surface area is 80.4 Å². The Hall–Kier alpha value is -0.940. The number of hydrogen-bond acceptors (Lipinski definition) is 4. The van der Waals surface area contributed by atoms with Gasteiger partial charge >= 0.3 is 5.97 Å². The molecule has 0 saturated heterocycles. The molecule has 0 aromatic carbocycles. The van der Waals surface area contributed by atoms with Crippen molar-refractivity contribution in [3.63, 3.8) is 0 Å². The van der Waals surface area contributed by atoms with Gasteiger partial charge in [-0.3, -0.25) is 4.79 Å². The first-order chi connectivity index (χ1) is 6.00. The minimum Gasteiger partial charge on any atom is -0.481 e. The van der Waals surface area contributed by atoms with Crippen LogP contribution in [-0.2, 0) is 4.79 Å². The molecule has 0 amide bonds. The van der Waals surface area contributed by atoms with Crippen molar-refractivity contribution in [2.24, 2.45) is 5.73 Å². The van der Waals surface area contributed by atoms with Crippen LogP contribution in [0.4, 0.5) is 0 Å². The third-order valence-corrected chi connectivity index (χ3v) is 2.88. The smallest absolute Gasteiger partial charge is 0.305 e. The summed E-state index contributed by atoms with van der Waals surface area (Å²) >= 11 is 1.46. The van der Waals surface area contributed by atoms with Gasteiger partial charge in [0.25, 0.3) is 0 Å². The minimum atomic E-state index is -0.877. The number of nitrogens with zero attached hydrogens (tertiary/aromatic N) is 1. The maximum Gasteiger partial charge on any atom is 0.305 e. The summed E-state index contributed by atoms with van der Waals surface area (Å²) in [6.45, 7) is 3.73. The fraction of sp³-hybridized carbons (Fsp3) is 0.500.